The number of esters is 1. The molecule has 3 heterocycles. The molecule has 0 saturated carbocycles. The van der Waals surface area contributed by atoms with Crippen LogP contribution >= 0.6 is 11.8 Å². The Balaban J connectivity index is 1.58. The fourth-order valence-electron chi connectivity index (χ4n) is 4.39. The molecular formula is C28H32N4O3S. The summed E-state index contributed by atoms with van der Waals surface area (Å²) < 4.78 is 5.19. The van der Waals surface area contributed by atoms with E-state index in [0.29, 0.717) is 36.6 Å². The lowest BCUT2D eigenvalue weighted by Gasteiger charge is -2.36. The number of amidine groups is 1. The first-order valence-electron chi connectivity index (χ1n) is 12.2. The SMILES string of the molecule is CCC1=C(C(=O)OC)[C@H](c2ccc(C(C)C)cc2)N2C(CC(=O)NCCc3ccccn3)=CSC2=N1. The number of ether oxygens (including phenoxy) is 1. The number of methoxy groups -OCH3 is 1. The molecule has 1 atom stereocenters. The average molecular weight is 505 g/mol. The third kappa shape index (κ3) is 5.54. The van der Waals surface area contributed by atoms with E-state index in [4.69, 9.17) is 9.73 Å². The van der Waals surface area contributed by atoms with Crippen molar-refractivity contribution in [1.82, 2.24) is 15.2 Å². The average Bonchev–Trinajstić information content (AvgIpc) is 3.29. The molecule has 0 spiro atoms. The van der Waals surface area contributed by atoms with Crippen LogP contribution in [0, 0.1) is 0 Å². The highest BCUT2D eigenvalue weighted by atomic mass is 32.2. The highest BCUT2D eigenvalue weighted by Gasteiger charge is 2.41. The predicted molar refractivity (Wildman–Crippen MR) is 143 cm³/mol. The minimum absolute atomic E-state index is 0.0853. The molecule has 1 aromatic heterocycles. The molecule has 1 aromatic carbocycles. The van der Waals surface area contributed by atoms with Crippen molar-refractivity contribution >= 4 is 28.8 Å². The first-order valence-corrected chi connectivity index (χ1v) is 13.1. The maximum Gasteiger partial charge on any atom is 0.338 e. The smallest absolute Gasteiger partial charge is 0.338 e. The van der Waals surface area contributed by atoms with Gasteiger partial charge in [-0.2, -0.15) is 0 Å². The Morgan fingerprint density at radius 1 is 1.17 bits per heavy atom. The largest absolute Gasteiger partial charge is 0.466 e. The van der Waals surface area contributed by atoms with Crippen LogP contribution in [-0.4, -0.2) is 40.6 Å². The van der Waals surface area contributed by atoms with E-state index in [1.54, 1.807) is 6.20 Å². The van der Waals surface area contributed by atoms with Gasteiger partial charge in [0.2, 0.25) is 5.91 Å². The van der Waals surface area contributed by atoms with Crippen LogP contribution in [0.2, 0.25) is 0 Å². The minimum atomic E-state index is -0.413. The molecular weight excluding hydrogens is 472 g/mol. The standard InChI is InChI=1S/C28H32N4O3S/c1-5-23-25(27(34)35-4)26(20-11-9-19(10-12-20)18(2)3)32-22(17-36-28(32)31-23)16-24(33)30-15-13-21-8-6-7-14-29-21/h6-12,14,17-18,26H,5,13,15-16H2,1-4H3,(H,30,33)/t26-/m0/s1. The monoisotopic (exact) mass is 504 g/mol. The number of benzene rings is 1. The lowest BCUT2D eigenvalue weighted by molar-refractivity contribution is -0.136. The van der Waals surface area contributed by atoms with Gasteiger partial charge in [-0.25, -0.2) is 9.79 Å². The molecule has 36 heavy (non-hydrogen) atoms. The second-order valence-electron chi connectivity index (χ2n) is 9.02. The topological polar surface area (TPSA) is 83.9 Å². The van der Waals surface area contributed by atoms with Crippen LogP contribution in [0.15, 0.2) is 76.0 Å². The van der Waals surface area contributed by atoms with E-state index in [1.807, 2.05) is 35.4 Å². The van der Waals surface area contributed by atoms with Crippen LogP contribution in [0.1, 0.15) is 62.4 Å². The van der Waals surface area contributed by atoms with Crippen LogP contribution in [-0.2, 0) is 20.7 Å². The number of fused-ring (bicyclic) bond motifs is 1. The van der Waals surface area contributed by atoms with Crippen molar-refractivity contribution in [3.05, 3.63) is 87.9 Å². The van der Waals surface area contributed by atoms with Gasteiger partial charge in [-0.3, -0.25) is 9.78 Å². The zero-order chi connectivity index (χ0) is 25.7. The van der Waals surface area contributed by atoms with Crippen LogP contribution < -0.4 is 5.32 Å². The van der Waals surface area contributed by atoms with Gasteiger partial charge in [0.15, 0.2) is 5.17 Å². The third-order valence-corrected chi connectivity index (χ3v) is 7.21. The zero-order valence-electron chi connectivity index (χ0n) is 21.2. The summed E-state index contributed by atoms with van der Waals surface area (Å²) in [5.41, 5.74) is 5.16. The minimum Gasteiger partial charge on any atom is -0.466 e. The first-order chi connectivity index (χ1) is 17.4. The summed E-state index contributed by atoms with van der Waals surface area (Å²) in [5.74, 6) is -0.0848. The Bertz CT molecular complexity index is 1200. The van der Waals surface area contributed by atoms with Crippen molar-refractivity contribution in [3.63, 3.8) is 0 Å². The van der Waals surface area contributed by atoms with Crippen LogP contribution in [0.3, 0.4) is 0 Å². The van der Waals surface area contributed by atoms with E-state index in [-0.39, 0.29) is 12.3 Å². The number of carbonyl (C=O) groups excluding carboxylic acids is 2. The number of thioether (sulfide) groups is 1. The van der Waals surface area contributed by atoms with Gasteiger partial charge in [0.25, 0.3) is 0 Å². The summed E-state index contributed by atoms with van der Waals surface area (Å²) in [6.45, 7) is 6.80. The summed E-state index contributed by atoms with van der Waals surface area (Å²) in [4.78, 5) is 37.0. The summed E-state index contributed by atoms with van der Waals surface area (Å²) in [6.07, 6.45) is 3.20. The summed E-state index contributed by atoms with van der Waals surface area (Å²) in [5, 5.41) is 5.72. The molecule has 2 aliphatic rings. The van der Waals surface area contributed by atoms with E-state index in [1.165, 1.54) is 24.4 Å². The van der Waals surface area contributed by atoms with Crippen molar-refractivity contribution < 1.29 is 14.3 Å². The lowest BCUT2D eigenvalue weighted by atomic mass is 9.91. The van der Waals surface area contributed by atoms with E-state index < -0.39 is 12.0 Å². The lowest BCUT2D eigenvalue weighted by Crippen LogP contribution is -2.38. The number of hydrogen-bond donors (Lipinski definition) is 1. The molecule has 0 saturated heterocycles. The number of aliphatic imine (C=N–C) groups is 1. The van der Waals surface area contributed by atoms with E-state index >= 15 is 0 Å². The molecule has 1 N–H and O–H groups in total. The molecule has 7 nitrogen and oxygen atoms in total. The number of aromatic nitrogens is 1. The molecule has 4 rings (SSSR count). The molecule has 2 aliphatic heterocycles. The molecule has 0 unspecified atom stereocenters. The van der Waals surface area contributed by atoms with Gasteiger partial charge in [0.05, 0.1) is 30.8 Å². The number of amides is 1. The van der Waals surface area contributed by atoms with Crippen molar-refractivity contribution in [2.75, 3.05) is 13.7 Å². The number of pyridine rings is 1. The van der Waals surface area contributed by atoms with Crippen molar-refractivity contribution in [3.8, 4) is 0 Å². The number of nitrogens with zero attached hydrogens (tertiary/aromatic N) is 3. The van der Waals surface area contributed by atoms with Gasteiger partial charge in [-0.15, -0.1) is 0 Å². The highest BCUT2D eigenvalue weighted by molar-refractivity contribution is 8.16. The number of rotatable bonds is 9. The van der Waals surface area contributed by atoms with E-state index in [0.717, 1.165) is 22.1 Å². The Labute approximate surface area is 216 Å². The number of nitrogens with one attached hydrogen (secondary N) is 1. The Morgan fingerprint density at radius 3 is 2.58 bits per heavy atom. The first kappa shape index (κ1) is 25.7. The van der Waals surface area contributed by atoms with Crippen LogP contribution in [0.5, 0.6) is 0 Å². The molecule has 2 aromatic rings. The molecule has 0 aliphatic carbocycles. The molecule has 1 amide bonds. The van der Waals surface area contributed by atoms with Gasteiger partial charge < -0.3 is 15.0 Å². The van der Waals surface area contributed by atoms with Crippen molar-refractivity contribution in [1.29, 1.82) is 0 Å². The fraction of sp³-hybridized carbons (Fsp3) is 0.357. The maximum absolute atomic E-state index is 13.0. The predicted octanol–water partition coefficient (Wildman–Crippen LogP) is 5.09. The Kier molecular flexibility index (Phi) is 8.25. The molecule has 0 radical (unpaired) electrons. The highest BCUT2D eigenvalue weighted by Crippen LogP contribution is 2.45. The van der Waals surface area contributed by atoms with Gasteiger partial charge in [0.1, 0.15) is 0 Å². The summed E-state index contributed by atoms with van der Waals surface area (Å²) in [6, 6.07) is 13.7. The Hall–Kier alpha value is -3.39. The molecule has 188 valence electrons. The number of carbonyl (C=O) groups is 2. The van der Waals surface area contributed by atoms with Crippen LogP contribution in [0.4, 0.5) is 0 Å². The van der Waals surface area contributed by atoms with Gasteiger partial charge in [-0.1, -0.05) is 62.9 Å². The summed E-state index contributed by atoms with van der Waals surface area (Å²) >= 11 is 1.48. The second kappa shape index (κ2) is 11.6. The van der Waals surface area contributed by atoms with Gasteiger partial charge >= 0.3 is 5.97 Å². The van der Waals surface area contributed by atoms with E-state index in [9.17, 15) is 9.59 Å². The molecule has 0 bridgehead atoms. The Morgan fingerprint density at radius 2 is 1.94 bits per heavy atom. The van der Waals surface area contributed by atoms with Crippen molar-refractivity contribution in [2.45, 2.75) is 52.0 Å². The zero-order valence-corrected chi connectivity index (χ0v) is 22.0. The van der Waals surface area contributed by atoms with Crippen LogP contribution in [0.25, 0.3) is 0 Å². The van der Waals surface area contributed by atoms with E-state index in [2.05, 4.69) is 48.4 Å². The normalized spacial score (nSPS) is 17.0. The number of allylic oxidation sites excluding steroid dienone is 1. The third-order valence-electron chi connectivity index (χ3n) is 6.32. The van der Waals surface area contributed by atoms with Gasteiger partial charge in [0, 0.05) is 30.6 Å². The van der Waals surface area contributed by atoms with Gasteiger partial charge in [-0.05, 0) is 41.0 Å². The molecule has 8 heteroatoms. The van der Waals surface area contributed by atoms with Crippen molar-refractivity contribution in [2.24, 2.45) is 4.99 Å². The second-order valence-corrected chi connectivity index (χ2v) is 9.86. The fourth-order valence-corrected chi connectivity index (χ4v) is 5.33. The number of hydrogen-bond acceptors (Lipinski definition) is 7. The quantitative estimate of drug-likeness (QED) is 0.479. The summed E-state index contributed by atoms with van der Waals surface area (Å²) in [7, 11) is 1.39. The maximum atomic E-state index is 13.0. The molecule has 0 fully saturated rings.